The van der Waals surface area contributed by atoms with E-state index in [0.29, 0.717) is 29.4 Å². The van der Waals surface area contributed by atoms with E-state index < -0.39 is 23.4 Å². The van der Waals surface area contributed by atoms with E-state index in [1.807, 2.05) is 6.92 Å². The van der Waals surface area contributed by atoms with Crippen molar-refractivity contribution in [3.8, 4) is 22.9 Å². The van der Waals surface area contributed by atoms with Crippen LogP contribution in [-0.4, -0.2) is 33.5 Å². The average molecular weight is 422 g/mol. The summed E-state index contributed by atoms with van der Waals surface area (Å²) in [5, 5.41) is 6.78. The van der Waals surface area contributed by atoms with E-state index >= 15 is 0 Å². The van der Waals surface area contributed by atoms with Crippen LogP contribution in [-0.2, 0) is 4.79 Å². The Morgan fingerprint density at radius 2 is 1.90 bits per heavy atom. The highest BCUT2D eigenvalue weighted by Crippen LogP contribution is 2.35. The lowest BCUT2D eigenvalue weighted by Crippen LogP contribution is -2.28. The number of rotatable bonds is 5. The molecule has 0 atom stereocenters. The van der Waals surface area contributed by atoms with Crippen LogP contribution >= 0.6 is 0 Å². The predicted octanol–water partition coefficient (Wildman–Crippen LogP) is 4.68. The first-order valence-electron chi connectivity index (χ1n) is 9.17. The second-order valence-corrected chi connectivity index (χ2v) is 7.50. The Kier molecular flexibility index (Phi) is 5.60. The number of fused-ring (bicyclic) bond motifs is 1. The third-order valence-electron chi connectivity index (χ3n) is 4.02. The molecule has 3 aromatic rings. The number of carbonyl (C=O) groups is 1. The van der Waals surface area contributed by atoms with Crippen molar-refractivity contribution in [1.29, 1.82) is 0 Å². The highest BCUT2D eigenvalue weighted by molar-refractivity contribution is 5.96. The van der Waals surface area contributed by atoms with Gasteiger partial charge in [0.25, 0.3) is 0 Å². The number of nitrogens with zero attached hydrogens (tertiary/aromatic N) is 3. The maximum absolute atomic E-state index is 12.8. The fourth-order valence-electron chi connectivity index (χ4n) is 2.54. The Labute approximate surface area is 170 Å². The molecule has 0 unspecified atom stereocenters. The van der Waals surface area contributed by atoms with Gasteiger partial charge in [-0.25, -0.2) is 9.50 Å². The van der Waals surface area contributed by atoms with Crippen molar-refractivity contribution in [2.45, 2.75) is 34.1 Å². The van der Waals surface area contributed by atoms with Gasteiger partial charge >= 0.3 is 6.36 Å². The van der Waals surface area contributed by atoms with Crippen molar-refractivity contribution in [1.82, 2.24) is 14.6 Å². The number of hydrogen-bond donors (Lipinski definition) is 1. The SMILES string of the molecule is CCOc1ccc2nc(-c3ccc(OC(F)(F)F)c(NC(=O)C(C)(C)C)c3)cn2n1. The van der Waals surface area contributed by atoms with Crippen molar-refractivity contribution < 1.29 is 27.4 Å². The number of hydrogen-bond acceptors (Lipinski definition) is 5. The summed E-state index contributed by atoms with van der Waals surface area (Å²) in [7, 11) is 0. The van der Waals surface area contributed by atoms with Gasteiger partial charge in [0.05, 0.1) is 24.2 Å². The summed E-state index contributed by atoms with van der Waals surface area (Å²) in [6.07, 6.45) is -3.28. The van der Waals surface area contributed by atoms with Crippen molar-refractivity contribution in [2.24, 2.45) is 5.41 Å². The van der Waals surface area contributed by atoms with Gasteiger partial charge in [-0.2, -0.15) is 0 Å². The van der Waals surface area contributed by atoms with Crippen molar-refractivity contribution in [2.75, 3.05) is 11.9 Å². The Bertz CT molecular complexity index is 1070. The Hall–Kier alpha value is -3.30. The maximum Gasteiger partial charge on any atom is 0.573 e. The highest BCUT2D eigenvalue weighted by Gasteiger charge is 2.33. The number of aromatic nitrogens is 3. The molecule has 0 bridgehead atoms. The predicted molar refractivity (Wildman–Crippen MR) is 104 cm³/mol. The fourth-order valence-corrected chi connectivity index (χ4v) is 2.54. The van der Waals surface area contributed by atoms with Crippen molar-refractivity contribution in [3.05, 3.63) is 36.5 Å². The van der Waals surface area contributed by atoms with Gasteiger partial charge in [0.1, 0.15) is 0 Å². The molecule has 2 aromatic heterocycles. The number of amides is 1. The molecular weight excluding hydrogens is 401 g/mol. The summed E-state index contributed by atoms with van der Waals surface area (Å²) in [5.74, 6) is -0.546. The molecule has 0 saturated heterocycles. The summed E-state index contributed by atoms with van der Waals surface area (Å²) in [6, 6.07) is 7.34. The second kappa shape index (κ2) is 7.85. The summed E-state index contributed by atoms with van der Waals surface area (Å²) < 4.78 is 49.3. The molecule has 30 heavy (non-hydrogen) atoms. The molecule has 10 heteroatoms. The lowest BCUT2D eigenvalue weighted by Gasteiger charge is -2.20. The molecule has 0 spiro atoms. The van der Waals surface area contributed by atoms with E-state index in [-0.39, 0.29) is 5.69 Å². The number of imidazole rings is 1. The molecule has 1 N–H and O–H groups in total. The standard InChI is InChI=1S/C20H21F3N4O3/c1-5-29-17-9-8-16-24-14(11-27(16)26-17)12-6-7-15(30-20(21,22)23)13(10-12)25-18(28)19(2,3)4/h6-11H,5H2,1-4H3,(H,25,28). The number of carbonyl (C=O) groups excluding carboxylic acids is 1. The minimum Gasteiger partial charge on any atom is -0.477 e. The zero-order valence-corrected chi connectivity index (χ0v) is 16.9. The number of halogens is 3. The lowest BCUT2D eigenvalue weighted by atomic mass is 9.95. The molecule has 7 nitrogen and oxygen atoms in total. The van der Waals surface area contributed by atoms with Gasteiger partial charge in [-0.3, -0.25) is 4.79 Å². The average Bonchev–Trinajstić information content (AvgIpc) is 3.04. The molecule has 0 aliphatic heterocycles. The summed E-state index contributed by atoms with van der Waals surface area (Å²) in [4.78, 5) is 16.8. The number of nitrogens with one attached hydrogen (secondary N) is 1. The zero-order chi connectivity index (χ0) is 22.1. The number of benzene rings is 1. The van der Waals surface area contributed by atoms with Gasteiger partial charge in [-0.15, -0.1) is 18.3 Å². The van der Waals surface area contributed by atoms with E-state index in [0.717, 1.165) is 6.07 Å². The van der Waals surface area contributed by atoms with Crippen LogP contribution in [0, 0.1) is 5.41 Å². The van der Waals surface area contributed by atoms with E-state index in [1.54, 1.807) is 39.1 Å². The molecule has 0 fully saturated rings. The monoisotopic (exact) mass is 422 g/mol. The van der Waals surface area contributed by atoms with Gasteiger partial charge in [-0.05, 0) is 31.2 Å². The van der Waals surface area contributed by atoms with Gasteiger partial charge in [-0.1, -0.05) is 20.8 Å². The van der Waals surface area contributed by atoms with E-state index in [2.05, 4.69) is 20.1 Å². The van der Waals surface area contributed by atoms with Crippen LogP contribution in [0.5, 0.6) is 11.6 Å². The van der Waals surface area contributed by atoms with Gasteiger partial charge in [0.15, 0.2) is 11.4 Å². The number of ether oxygens (including phenoxy) is 2. The quantitative estimate of drug-likeness (QED) is 0.646. The van der Waals surface area contributed by atoms with E-state index in [9.17, 15) is 18.0 Å². The Morgan fingerprint density at radius 1 is 1.17 bits per heavy atom. The first-order chi connectivity index (χ1) is 14.0. The first-order valence-corrected chi connectivity index (χ1v) is 9.17. The minimum absolute atomic E-state index is 0.107. The lowest BCUT2D eigenvalue weighted by molar-refractivity contribution is -0.274. The normalized spacial score (nSPS) is 12.1. The van der Waals surface area contributed by atoms with Crippen LogP contribution in [0.25, 0.3) is 16.9 Å². The number of anilines is 1. The Morgan fingerprint density at radius 3 is 2.53 bits per heavy atom. The zero-order valence-electron chi connectivity index (χ0n) is 16.9. The smallest absolute Gasteiger partial charge is 0.477 e. The molecule has 2 heterocycles. The van der Waals surface area contributed by atoms with E-state index in [4.69, 9.17) is 4.74 Å². The molecule has 160 valence electrons. The summed E-state index contributed by atoms with van der Waals surface area (Å²) >= 11 is 0. The van der Waals surface area contributed by atoms with Crippen LogP contribution in [0.3, 0.4) is 0 Å². The molecule has 3 rings (SSSR count). The van der Waals surface area contributed by atoms with Crippen LogP contribution in [0.15, 0.2) is 36.5 Å². The van der Waals surface area contributed by atoms with Gasteiger partial charge in [0.2, 0.25) is 11.8 Å². The van der Waals surface area contributed by atoms with Gasteiger partial charge in [0, 0.05) is 17.0 Å². The van der Waals surface area contributed by atoms with Crippen LogP contribution in [0.2, 0.25) is 0 Å². The maximum atomic E-state index is 12.8. The summed E-state index contributed by atoms with van der Waals surface area (Å²) in [6.45, 7) is 7.25. The molecule has 0 radical (unpaired) electrons. The third-order valence-corrected chi connectivity index (χ3v) is 4.02. The molecular formula is C20H21F3N4O3. The minimum atomic E-state index is -4.90. The third kappa shape index (κ3) is 5.00. The molecule has 0 aliphatic carbocycles. The van der Waals surface area contributed by atoms with Crippen molar-refractivity contribution >= 4 is 17.2 Å². The van der Waals surface area contributed by atoms with Crippen LogP contribution < -0.4 is 14.8 Å². The van der Waals surface area contributed by atoms with Crippen molar-refractivity contribution in [3.63, 3.8) is 0 Å². The van der Waals surface area contributed by atoms with Crippen LogP contribution in [0.1, 0.15) is 27.7 Å². The topological polar surface area (TPSA) is 77.8 Å². The molecule has 1 aromatic carbocycles. The molecule has 0 aliphatic rings. The van der Waals surface area contributed by atoms with Gasteiger partial charge < -0.3 is 14.8 Å². The largest absolute Gasteiger partial charge is 0.573 e. The first kappa shape index (κ1) is 21.4. The second-order valence-electron chi connectivity index (χ2n) is 7.50. The molecule has 1 amide bonds. The molecule has 0 saturated carbocycles. The van der Waals surface area contributed by atoms with Crippen LogP contribution in [0.4, 0.5) is 18.9 Å². The Balaban J connectivity index is 2.01. The van der Waals surface area contributed by atoms with E-state index in [1.165, 1.54) is 16.6 Å². The number of alkyl halides is 3. The summed E-state index contributed by atoms with van der Waals surface area (Å²) in [5.41, 5.74) is 0.557. The fraction of sp³-hybridized carbons (Fsp3) is 0.350. The highest BCUT2D eigenvalue weighted by atomic mass is 19.4.